The normalized spacial score (nSPS) is 9.88. The zero-order valence-corrected chi connectivity index (χ0v) is 10.2. The van der Waals surface area contributed by atoms with Gasteiger partial charge in [-0.3, -0.25) is 9.59 Å². The van der Waals surface area contributed by atoms with Gasteiger partial charge in [0.05, 0.1) is 13.5 Å². The molecule has 16 heavy (non-hydrogen) atoms. The summed E-state index contributed by atoms with van der Waals surface area (Å²) in [5, 5.41) is 0. The third-order valence-electron chi connectivity index (χ3n) is 2.04. The van der Waals surface area contributed by atoms with Crippen LogP contribution in [0.5, 0.6) is 0 Å². The molecule has 0 saturated heterocycles. The molecule has 0 aromatic heterocycles. The van der Waals surface area contributed by atoms with Gasteiger partial charge in [-0.25, -0.2) is 0 Å². The molecule has 0 aliphatic rings. The summed E-state index contributed by atoms with van der Waals surface area (Å²) in [6.07, 6.45) is 0.380. The lowest BCUT2D eigenvalue weighted by Crippen LogP contribution is -2.01. The number of Topliss-reactive ketones (excluding diaryl/α,β-unsaturated/α-hetero) is 1. The van der Waals surface area contributed by atoms with Crippen LogP contribution in [-0.4, -0.2) is 24.6 Å². The number of carbonyl (C=O) groups is 2. The van der Waals surface area contributed by atoms with Crippen molar-refractivity contribution in [3.63, 3.8) is 0 Å². The monoisotopic (exact) mass is 238 g/mol. The van der Waals surface area contributed by atoms with E-state index in [-0.39, 0.29) is 11.8 Å². The molecule has 3 nitrogen and oxygen atoms in total. The lowest BCUT2D eigenvalue weighted by molar-refractivity contribution is -0.140. The zero-order chi connectivity index (χ0) is 12.0. The highest BCUT2D eigenvalue weighted by Crippen LogP contribution is 2.20. The van der Waals surface area contributed by atoms with Crippen LogP contribution >= 0.6 is 11.8 Å². The van der Waals surface area contributed by atoms with E-state index in [2.05, 4.69) is 4.74 Å². The van der Waals surface area contributed by atoms with Crippen LogP contribution in [0.1, 0.15) is 23.7 Å². The summed E-state index contributed by atoms with van der Waals surface area (Å²) in [5.74, 6) is 0.499. The fourth-order valence-corrected chi connectivity index (χ4v) is 2.05. The molecule has 4 heteroatoms. The maximum atomic E-state index is 11.1. The average Bonchev–Trinajstić information content (AvgIpc) is 2.29. The Bertz CT molecular complexity index is 388. The molecule has 0 fully saturated rings. The number of esters is 1. The van der Waals surface area contributed by atoms with Crippen LogP contribution in [0, 0.1) is 0 Å². The third-order valence-corrected chi connectivity index (χ3v) is 3.04. The van der Waals surface area contributed by atoms with Crippen molar-refractivity contribution < 1.29 is 14.3 Å². The van der Waals surface area contributed by atoms with E-state index in [1.807, 2.05) is 18.2 Å². The minimum Gasteiger partial charge on any atom is -0.469 e. The van der Waals surface area contributed by atoms with E-state index in [0.29, 0.717) is 17.7 Å². The summed E-state index contributed by atoms with van der Waals surface area (Å²) < 4.78 is 4.54. The molecular formula is C12H14O3S. The summed E-state index contributed by atoms with van der Waals surface area (Å²) in [6, 6.07) is 7.39. The summed E-state index contributed by atoms with van der Waals surface area (Å²) >= 11 is 1.54. The van der Waals surface area contributed by atoms with Crippen molar-refractivity contribution in [3.05, 3.63) is 29.8 Å². The molecule has 0 radical (unpaired) electrons. The van der Waals surface area contributed by atoms with Gasteiger partial charge in [0, 0.05) is 16.2 Å². The van der Waals surface area contributed by atoms with Crippen LogP contribution in [0.2, 0.25) is 0 Å². The molecule has 0 aliphatic heterocycles. The molecule has 1 aromatic carbocycles. The molecule has 0 unspecified atom stereocenters. The summed E-state index contributed by atoms with van der Waals surface area (Å²) in [5.41, 5.74) is 0.697. The molecular weight excluding hydrogens is 224 g/mol. The molecule has 1 aromatic rings. The van der Waals surface area contributed by atoms with Gasteiger partial charge < -0.3 is 4.74 Å². The summed E-state index contributed by atoms with van der Waals surface area (Å²) in [4.78, 5) is 23.0. The van der Waals surface area contributed by atoms with E-state index < -0.39 is 0 Å². The maximum absolute atomic E-state index is 11.1. The molecule has 1 rings (SSSR count). The molecule has 0 aliphatic carbocycles. The van der Waals surface area contributed by atoms with Gasteiger partial charge in [-0.1, -0.05) is 12.1 Å². The Morgan fingerprint density at radius 2 is 2.12 bits per heavy atom. The van der Waals surface area contributed by atoms with Gasteiger partial charge in [0.15, 0.2) is 5.78 Å². The first-order valence-corrected chi connectivity index (χ1v) is 5.92. The molecule has 0 N–H and O–H groups in total. The number of hydrogen-bond donors (Lipinski definition) is 0. The molecule has 0 amide bonds. The second-order valence-corrected chi connectivity index (χ2v) is 4.43. The first kappa shape index (κ1) is 12.8. The van der Waals surface area contributed by atoms with Crippen molar-refractivity contribution in [2.75, 3.05) is 12.9 Å². The van der Waals surface area contributed by atoms with E-state index in [0.717, 1.165) is 4.90 Å². The lowest BCUT2D eigenvalue weighted by Gasteiger charge is -2.02. The number of thioether (sulfide) groups is 1. The molecule has 0 heterocycles. The first-order chi connectivity index (χ1) is 7.63. The van der Waals surface area contributed by atoms with Crippen molar-refractivity contribution in [2.24, 2.45) is 0 Å². The zero-order valence-electron chi connectivity index (χ0n) is 9.36. The van der Waals surface area contributed by atoms with E-state index in [9.17, 15) is 9.59 Å². The van der Waals surface area contributed by atoms with Crippen LogP contribution in [0.3, 0.4) is 0 Å². The Kier molecular flexibility index (Phi) is 5.05. The van der Waals surface area contributed by atoms with Crippen molar-refractivity contribution in [1.29, 1.82) is 0 Å². The van der Waals surface area contributed by atoms with Crippen molar-refractivity contribution in [1.82, 2.24) is 0 Å². The molecule has 0 spiro atoms. The predicted molar refractivity (Wildman–Crippen MR) is 63.8 cm³/mol. The number of hydrogen-bond acceptors (Lipinski definition) is 4. The van der Waals surface area contributed by atoms with Gasteiger partial charge in [-0.2, -0.15) is 0 Å². The van der Waals surface area contributed by atoms with Crippen LogP contribution in [0.15, 0.2) is 29.2 Å². The number of methoxy groups -OCH3 is 1. The average molecular weight is 238 g/mol. The number of rotatable bonds is 5. The Hall–Kier alpha value is -1.29. The van der Waals surface area contributed by atoms with Crippen LogP contribution in [-0.2, 0) is 9.53 Å². The van der Waals surface area contributed by atoms with E-state index in [1.165, 1.54) is 14.0 Å². The summed E-state index contributed by atoms with van der Waals surface area (Å²) in [7, 11) is 1.38. The van der Waals surface area contributed by atoms with E-state index in [4.69, 9.17) is 0 Å². The second-order valence-electron chi connectivity index (χ2n) is 3.26. The quantitative estimate of drug-likeness (QED) is 0.449. The van der Waals surface area contributed by atoms with Crippen molar-refractivity contribution >= 4 is 23.5 Å². The minimum atomic E-state index is -0.213. The number of ether oxygens (including phenoxy) is 1. The summed E-state index contributed by atoms with van der Waals surface area (Å²) in [6.45, 7) is 1.54. The number of carbonyl (C=O) groups excluding carboxylic acids is 2. The van der Waals surface area contributed by atoms with Crippen LogP contribution in [0.4, 0.5) is 0 Å². The van der Waals surface area contributed by atoms with Gasteiger partial charge in [0.2, 0.25) is 0 Å². The van der Waals surface area contributed by atoms with Gasteiger partial charge in [-0.15, -0.1) is 11.8 Å². The van der Waals surface area contributed by atoms with Crippen LogP contribution < -0.4 is 0 Å². The minimum absolute atomic E-state index is 0.0513. The van der Waals surface area contributed by atoms with Crippen molar-refractivity contribution in [2.45, 2.75) is 18.2 Å². The maximum Gasteiger partial charge on any atom is 0.306 e. The van der Waals surface area contributed by atoms with Gasteiger partial charge >= 0.3 is 5.97 Å². The lowest BCUT2D eigenvalue weighted by atomic mass is 10.2. The second kappa shape index (κ2) is 6.33. The van der Waals surface area contributed by atoms with Crippen LogP contribution in [0.25, 0.3) is 0 Å². The molecule has 0 bridgehead atoms. The first-order valence-electron chi connectivity index (χ1n) is 4.94. The largest absolute Gasteiger partial charge is 0.469 e. The predicted octanol–water partition coefficient (Wildman–Crippen LogP) is 2.54. The molecule has 0 atom stereocenters. The van der Waals surface area contributed by atoms with Gasteiger partial charge in [-0.05, 0) is 19.1 Å². The smallest absolute Gasteiger partial charge is 0.306 e. The van der Waals surface area contributed by atoms with Gasteiger partial charge in [0.25, 0.3) is 0 Å². The highest BCUT2D eigenvalue weighted by atomic mass is 32.2. The Morgan fingerprint density at radius 3 is 2.75 bits per heavy atom. The standard InChI is InChI=1S/C12H14O3S/c1-9(13)10-4-3-5-11(8-10)16-7-6-12(14)15-2/h3-5,8H,6-7H2,1-2H3. The third kappa shape index (κ3) is 4.06. The fraction of sp³-hybridized carbons (Fsp3) is 0.333. The topological polar surface area (TPSA) is 43.4 Å². The van der Waals surface area contributed by atoms with E-state index in [1.54, 1.807) is 17.8 Å². The van der Waals surface area contributed by atoms with Gasteiger partial charge in [0.1, 0.15) is 0 Å². The molecule has 86 valence electrons. The Morgan fingerprint density at radius 1 is 1.38 bits per heavy atom. The number of benzene rings is 1. The Labute approximate surface area is 99.2 Å². The highest BCUT2D eigenvalue weighted by molar-refractivity contribution is 7.99. The van der Waals surface area contributed by atoms with E-state index >= 15 is 0 Å². The fourth-order valence-electron chi connectivity index (χ4n) is 1.16. The Balaban J connectivity index is 2.51. The van der Waals surface area contributed by atoms with Crippen molar-refractivity contribution in [3.8, 4) is 0 Å². The SMILES string of the molecule is COC(=O)CCSc1cccc(C(C)=O)c1. The number of ketones is 1. The highest BCUT2D eigenvalue weighted by Gasteiger charge is 2.03. The molecule has 0 saturated carbocycles.